The van der Waals surface area contributed by atoms with Gasteiger partial charge in [0.1, 0.15) is 5.75 Å². The molecular weight excluding hydrogens is 332 g/mol. The highest BCUT2D eigenvalue weighted by Gasteiger charge is 2.12. The Morgan fingerprint density at radius 3 is 2.96 bits per heavy atom. The summed E-state index contributed by atoms with van der Waals surface area (Å²) in [5, 5.41) is 4.54. The highest BCUT2D eigenvalue weighted by molar-refractivity contribution is 6.31. The van der Waals surface area contributed by atoms with Gasteiger partial charge in [-0.25, -0.2) is 5.43 Å². The van der Waals surface area contributed by atoms with E-state index in [0.29, 0.717) is 22.3 Å². The molecule has 6 nitrogen and oxygen atoms in total. The predicted molar refractivity (Wildman–Crippen MR) is 90.0 cm³/mol. The Bertz CT molecular complexity index is 792. The zero-order valence-electron chi connectivity index (χ0n) is 12.9. The Morgan fingerprint density at radius 1 is 1.29 bits per heavy atom. The molecule has 1 aliphatic rings. The number of carbonyl (C=O) groups is 1. The van der Waals surface area contributed by atoms with Gasteiger partial charge in [0.25, 0.3) is 5.91 Å². The number of rotatable bonds is 5. The van der Waals surface area contributed by atoms with Crippen LogP contribution < -0.4 is 19.6 Å². The molecule has 3 rings (SSSR count). The van der Waals surface area contributed by atoms with Gasteiger partial charge in [-0.05, 0) is 54.4 Å². The van der Waals surface area contributed by atoms with Crippen molar-refractivity contribution in [2.45, 2.75) is 6.92 Å². The Labute approximate surface area is 144 Å². The van der Waals surface area contributed by atoms with Gasteiger partial charge < -0.3 is 14.2 Å². The van der Waals surface area contributed by atoms with Crippen molar-refractivity contribution in [1.29, 1.82) is 0 Å². The Kier molecular flexibility index (Phi) is 4.86. The second-order valence-electron chi connectivity index (χ2n) is 5.11. The fourth-order valence-electron chi connectivity index (χ4n) is 2.06. The second kappa shape index (κ2) is 7.23. The molecule has 0 radical (unpaired) electrons. The number of nitrogens with zero attached hydrogens (tertiary/aromatic N) is 1. The van der Waals surface area contributed by atoms with Crippen LogP contribution in [0.4, 0.5) is 0 Å². The number of fused-ring (bicyclic) bond motifs is 1. The van der Waals surface area contributed by atoms with Gasteiger partial charge in [0.05, 0.1) is 6.21 Å². The second-order valence-corrected chi connectivity index (χ2v) is 5.51. The van der Waals surface area contributed by atoms with E-state index >= 15 is 0 Å². The minimum absolute atomic E-state index is 0.139. The quantitative estimate of drug-likeness (QED) is 0.667. The van der Waals surface area contributed by atoms with E-state index in [4.69, 9.17) is 25.8 Å². The number of nitrogens with one attached hydrogen (secondary N) is 1. The van der Waals surface area contributed by atoms with Crippen LogP contribution in [0.5, 0.6) is 17.2 Å². The molecule has 0 saturated heterocycles. The molecule has 1 amide bonds. The number of carbonyl (C=O) groups excluding carboxylic acids is 1. The Balaban J connectivity index is 1.49. The van der Waals surface area contributed by atoms with Crippen molar-refractivity contribution in [3.63, 3.8) is 0 Å². The van der Waals surface area contributed by atoms with E-state index in [-0.39, 0.29) is 19.3 Å². The lowest BCUT2D eigenvalue weighted by Gasteiger charge is -2.06. The number of hydrogen-bond donors (Lipinski definition) is 1. The molecule has 1 N–H and O–H groups in total. The van der Waals surface area contributed by atoms with E-state index in [2.05, 4.69) is 10.5 Å². The molecule has 7 heteroatoms. The van der Waals surface area contributed by atoms with E-state index in [1.807, 2.05) is 13.0 Å². The average Bonchev–Trinajstić information content (AvgIpc) is 3.04. The van der Waals surface area contributed by atoms with E-state index < -0.39 is 0 Å². The lowest BCUT2D eigenvalue weighted by atomic mass is 10.2. The standard InChI is InChI=1S/C17H15ClN2O4/c1-11-6-13(3-4-14(11)18)22-9-17(21)20-19-8-12-2-5-15-16(7-12)24-10-23-15/h2-8H,9-10H2,1H3,(H,20,21). The minimum Gasteiger partial charge on any atom is -0.484 e. The molecular formula is C17H15ClN2O4. The molecule has 2 aromatic carbocycles. The molecule has 0 atom stereocenters. The maximum atomic E-state index is 11.7. The van der Waals surface area contributed by atoms with Crippen LogP contribution in [-0.4, -0.2) is 25.5 Å². The number of aryl methyl sites for hydroxylation is 1. The number of amides is 1. The molecule has 1 aliphatic heterocycles. The summed E-state index contributed by atoms with van der Waals surface area (Å²) in [6.45, 7) is 1.94. The van der Waals surface area contributed by atoms with Gasteiger partial charge in [0.2, 0.25) is 6.79 Å². The number of hydrogen-bond acceptors (Lipinski definition) is 5. The maximum absolute atomic E-state index is 11.7. The monoisotopic (exact) mass is 346 g/mol. The van der Waals surface area contributed by atoms with Crippen LogP contribution in [0.15, 0.2) is 41.5 Å². The molecule has 0 spiro atoms. The predicted octanol–water partition coefficient (Wildman–Crippen LogP) is 2.91. The molecule has 124 valence electrons. The number of hydrazone groups is 1. The summed E-state index contributed by atoms with van der Waals surface area (Å²) in [5.74, 6) is 1.57. The van der Waals surface area contributed by atoms with Crippen LogP contribution in [0.1, 0.15) is 11.1 Å². The van der Waals surface area contributed by atoms with Crippen molar-refractivity contribution >= 4 is 23.7 Å². The zero-order valence-corrected chi connectivity index (χ0v) is 13.7. The fraction of sp³-hybridized carbons (Fsp3) is 0.176. The summed E-state index contributed by atoms with van der Waals surface area (Å²) >= 11 is 5.93. The van der Waals surface area contributed by atoms with Crippen LogP contribution in [0.3, 0.4) is 0 Å². The van der Waals surface area contributed by atoms with Crippen molar-refractivity contribution in [2.24, 2.45) is 5.10 Å². The Hall–Kier alpha value is -2.73. The summed E-state index contributed by atoms with van der Waals surface area (Å²) < 4.78 is 15.9. The maximum Gasteiger partial charge on any atom is 0.277 e. The first kappa shape index (κ1) is 16.1. The zero-order chi connectivity index (χ0) is 16.9. The number of halogens is 1. The summed E-state index contributed by atoms with van der Waals surface area (Å²) in [4.78, 5) is 11.7. The molecule has 0 saturated carbocycles. The summed E-state index contributed by atoms with van der Waals surface area (Å²) in [7, 11) is 0. The fourth-order valence-corrected chi connectivity index (χ4v) is 2.18. The molecule has 0 aliphatic carbocycles. The topological polar surface area (TPSA) is 69.2 Å². The van der Waals surface area contributed by atoms with Crippen LogP contribution in [-0.2, 0) is 4.79 Å². The molecule has 0 fully saturated rings. The smallest absolute Gasteiger partial charge is 0.277 e. The van der Waals surface area contributed by atoms with Crippen molar-refractivity contribution in [1.82, 2.24) is 5.43 Å². The molecule has 0 aromatic heterocycles. The van der Waals surface area contributed by atoms with Crippen LogP contribution in [0, 0.1) is 6.92 Å². The van der Waals surface area contributed by atoms with Crippen molar-refractivity contribution in [3.05, 3.63) is 52.5 Å². The average molecular weight is 347 g/mol. The first-order valence-electron chi connectivity index (χ1n) is 7.22. The number of benzene rings is 2. The van der Waals surface area contributed by atoms with Gasteiger partial charge in [-0.1, -0.05) is 11.6 Å². The number of ether oxygens (including phenoxy) is 3. The van der Waals surface area contributed by atoms with Gasteiger partial charge in [-0.3, -0.25) is 4.79 Å². The largest absolute Gasteiger partial charge is 0.484 e. The van der Waals surface area contributed by atoms with Crippen LogP contribution >= 0.6 is 11.6 Å². The van der Waals surface area contributed by atoms with E-state index in [1.165, 1.54) is 6.21 Å². The lowest BCUT2D eigenvalue weighted by Crippen LogP contribution is -2.24. The third-order valence-electron chi connectivity index (χ3n) is 3.30. The SMILES string of the molecule is Cc1cc(OCC(=O)NN=Cc2ccc3c(c2)OCO3)ccc1Cl. The minimum atomic E-state index is -0.361. The molecule has 24 heavy (non-hydrogen) atoms. The third kappa shape index (κ3) is 3.97. The van der Waals surface area contributed by atoms with Gasteiger partial charge in [0, 0.05) is 5.02 Å². The highest BCUT2D eigenvalue weighted by atomic mass is 35.5. The van der Waals surface area contributed by atoms with Crippen molar-refractivity contribution < 1.29 is 19.0 Å². The normalized spacial score (nSPS) is 12.4. The van der Waals surface area contributed by atoms with Crippen LogP contribution in [0.25, 0.3) is 0 Å². The molecule has 1 heterocycles. The van der Waals surface area contributed by atoms with Gasteiger partial charge in [-0.2, -0.15) is 5.10 Å². The van der Waals surface area contributed by atoms with Gasteiger partial charge in [-0.15, -0.1) is 0 Å². The van der Waals surface area contributed by atoms with Crippen molar-refractivity contribution in [2.75, 3.05) is 13.4 Å². The highest BCUT2D eigenvalue weighted by Crippen LogP contribution is 2.31. The molecule has 0 unspecified atom stereocenters. The summed E-state index contributed by atoms with van der Waals surface area (Å²) in [6, 6.07) is 10.6. The van der Waals surface area contributed by atoms with Crippen molar-refractivity contribution in [3.8, 4) is 17.2 Å². The Morgan fingerprint density at radius 2 is 2.12 bits per heavy atom. The van der Waals surface area contributed by atoms with Crippen LogP contribution in [0.2, 0.25) is 5.02 Å². The van der Waals surface area contributed by atoms with E-state index in [0.717, 1.165) is 11.1 Å². The lowest BCUT2D eigenvalue weighted by molar-refractivity contribution is -0.123. The molecule has 0 bridgehead atoms. The first-order chi connectivity index (χ1) is 11.6. The third-order valence-corrected chi connectivity index (χ3v) is 3.72. The van der Waals surface area contributed by atoms with E-state index in [1.54, 1.807) is 30.3 Å². The summed E-state index contributed by atoms with van der Waals surface area (Å²) in [5.41, 5.74) is 4.07. The first-order valence-corrected chi connectivity index (χ1v) is 7.60. The van der Waals surface area contributed by atoms with Gasteiger partial charge >= 0.3 is 0 Å². The molecule has 2 aromatic rings. The summed E-state index contributed by atoms with van der Waals surface area (Å²) in [6.07, 6.45) is 1.52. The van der Waals surface area contributed by atoms with E-state index in [9.17, 15) is 4.79 Å². The van der Waals surface area contributed by atoms with Gasteiger partial charge in [0.15, 0.2) is 18.1 Å².